The number of carbonyl (C=O) groups is 2. The summed E-state index contributed by atoms with van der Waals surface area (Å²) in [5.41, 5.74) is 0.00196. The molecule has 25 heavy (non-hydrogen) atoms. The average molecular weight is 374 g/mol. The number of benzene rings is 1. The minimum Gasteiger partial charge on any atom is -0.449 e. The monoisotopic (exact) mass is 374 g/mol. The first-order valence-corrected chi connectivity index (χ1v) is 8.78. The number of amides is 1. The number of sulfonamides is 1. The Labute approximate surface area is 146 Å². The smallest absolute Gasteiger partial charge is 0.338 e. The van der Waals surface area contributed by atoms with Gasteiger partial charge in [0.05, 0.1) is 24.2 Å². The fourth-order valence-electron chi connectivity index (χ4n) is 1.73. The van der Waals surface area contributed by atoms with Crippen LogP contribution in [0.25, 0.3) is 0 Å². The molecule has 0 aliphatic carbocycles. The van der Waals surface area contributed by atoms with Crippen molar-refractivity contribution < 1.29 is 32.3 Å². The van der Waals surface area contributed by atoms with E-state index < -0.39 is 28.0 Å². The van der Waals surface area contributed by atoms with Gasteiger partial charge in [-0.3, -0.25) is 9.63 Å². The number of carbonyl (C=O) groups excluding carboxylic acids is 2. The minimum atomic E-state index is -3.89. The van der Waals surface area contributed by atoms with Crippen LogP contribution in [0.3, 0.4) is 0 Å². The molecular weight excluding hydrogens is 352 g/mol. The number of ether oxygens (including phenoxy) is 2. The van der Waals surface area contributed by atoms with Crippen molar-refractivity contribution in [1.82, 2.24) is 9.79 Å². The van der Waals surface area contributed by atoms with Gasteiger partial charge < -0.3 is 14.8 Å². The Morgan fingerprint density at radius 1 is 1.28 bits per heavy atom. The van der Waals surface area contributed by atoms with Crippen LogP contribution < -0.4 is 5.32 Å². The average Bonchev–Trinajstić information content (AvgIpc) is 2.60. The fraction of sp³-hybridized carbons (Fsp3) is 0.467. The van der Waals surface area contributed by atoms with Gasteiger partial charge in [-0.15, -0.1) is 0 Å². The molecule has 0 radical (unpaired) electrons. The molecule has 0 bridgehead atoms. The van der Waals surface area contributed by atoms with Crippen LogP contribution in [0.5, 0.6) is 0 Å². The molecule has 0 saturated carbocycles. The van der Waals surface area contributed by atoms with Crippen LogP contribution in [0.15, 0.2) is 29.2 Å². The summed E-state index contributed by atoms with van der Waals surface area (Å²) in [6.45, 7) is 2.03. The third-order valence-corrected chi connectivity index (χ3v) is 4.90. The van der Waals surface area contributed by atoms with Gasteiger partial charge in [0.25, 0.3) is 15.9 Å². The molecule has 0 unspecified atom stereocenters. The summed E-state index contributed by atoms with van der Waals surface area (Å²) >= 11 is 0. The molecule has 0 saturated heterocycles. The quantitative estimate of drug-likeness (QED) is 0.373. The highest BCUT2D eigenvalue weighted by Crippen LogP contribution is 2.17. The van der Waals surface area contributed by atoms with Crippen molar-refractivity contribution in [3.05, 3.63) is 29.8 Å². The van der Waals surface area contributed by atoms with Crippen molar-refractivity contribution in [1.29, 1.82) is 0 Å². The van der Waals surface area contributed by atoms with Crippen molar-refractivity contribution in [3.8, 4) is 0 Å². The molecule has 1 atom stereocenters. The Morgan fingerprint density at radius 2 is 1.96 bits per heavy atom. The normalized spacial score (nSPS) is 12.7. The lowest BCUT2D eigenvalue weighted by atomic mass is 10.2. The second kappa shape index (κ2) is 9.47. The van der Waals surface area contributed by atoms with Gasteiger partial charge >= 0.3 is 5.97 Å². The summed E-state index contributed by atoms with van der Waals surface area (Å²) in [4.78, 5) is 28.5. The van der Waals surface area contributed by atoms with Crippen LogP contribution in [0.1, 0.15) is 17.3 Å². The minimum absolute atomic E-state index is 0.00196. The van der Waals surface area contributed by atoms with E-state index in [1.807, 2.05) is 0 Å². The van der Waals surface area contributed by atoms with Gasteiger partial charge in [-0.2, -0.15) is 0 Å². The van der Waals surface area contributed by atoms with Gasteiger partial charge in [0.15, 0.2) is 6.10 Å². The van der Waals surface area contributed by atoms with Gasteiger partial charge in [0, 0.05) is 20.7 Å². The van der Waals surface area contributed by atoms with Crippen LogP contribution in [0, 0.1) is 0 Å². The highest BCUT2D eigenvalue weighted by molar-refractivity contribution is 7.89. The second-order valence-corrected chi connectivity index (χ2v) is 6.89. The Morgan fingerprint density at radius 3 is 2.56 bits per heavy atom. The third kappa shape index (κ3) is 5.78. The zero-order chi connectivity index (χ0) is 19.0. The number of nitrogens with zero attached hydrogens (tertiary/aromatic N) is 1. The first-order chi connectivity index (χ1) is 11.7. The van der Waals surface area contributed by atoms with E-state index in [0.717, 1.165) is 6.07 Å². The molecule has 1 N–H and O–H groups in total. The Bertz CT molecular complexity index is 706. The molecule has 1 rings (SSSR count). The number of esters is 1. The standard InChI is InChI=1S/C15H22N2O7S/c1-11(14(18)16-8-9-22-3)24-15(19)12-6-5-7-13(10-12)25(20,21)17(2)23-4/h5-7,10-11H,8-9H2,1-4H3,(H,16,18)/t11-/m1/s1. The molecule has 0 aliphatic heterocycles. The fourth-order valence-corrected chi connectivity index (χ4v) is 2.75. The molecule has 140 valence electrons. The number of nitrogens with one attached hydrogen (secondary N) is 1. The van der Waals surface area contributed by atoms with Crippen molar-refractivity contribution in [3.63, 3.8) is 0 Å². The van der Waals surface area contributed by atoms with Crippen molar-refractivity contribution >= 4 is 21.9 Å². The molecule has 0 aromatic heterocycles. The first kappa shape index (κ1) is 21.0. The molecule has 0 fully saturated rings. The highest BCUT2D eigenvalue weighted by atomic mass is 32.2. The number of hydroxylamine groups is 1. The van der Waals surface area contributed by atoms with E-state index in [2.05, 4.69) is 10.2 Å². The van der Waals surface area contributed by atoms with Crippen molar-refractivity contribution in [2.75, 3.05) is 34.4 Å². The lowest BCUT2D eigenvalue weighted by Crippen LogP contribution is -2.37. The highest BCUT2D eigenvalue weighted by Gasteiger charge is 2.23. The lowest BCUT2D eigenvalue weighted by molar-refractivity contribution is -0.129. The molecule has 0 heterocycles. The second-order valence-electron chi connectivity index (χ2n) is 4.96. The van der Waals surface area contributed by atoms with Crippen LogP contribution in [-0.4, -0.2) is 65.3 Å². The van der Waals surface area contributed by atoms with E-state index in [4.69, 9.17) is 9.47 Å². The molecule has 10 heteroatoms. The zero-order valence-electron chi connectivity index (χ0n) is 14.5. The van der Waals surface area contributed by atoms with Gasteiger partial charge in [-0.05, 0) is 25.1 Å². The third-order valence-electron chi connectivity index (χ3n) is 3.22. The zero-order valence-corrected chi connectivity index (χ0v) is 15.3. The van der Waals surface area contributed by atoms with Gasteiger partial charge in [-0.1, -0.05) is 10.5 Å². The summed E-state index contributed by atoms with van der Waals surface area (Å²) < 4.78 is 34.9. The summed E-state index contributed by atoms with van der Waals surface area (Å²) in [7, 11) is 0.0398. The molecule has 0 spiro atoms. The number of methoxy groups -OCH3 is 1. The van der Waals surface area contributed by atoms with E-state index in [0.29, 0.717) is 11.1 Å². The van der Waals surface area contributed by atoms with Gasteiger partial charge in [-0.25, -0.2) is 13.2 Å². The van der Waals surface area contributed by atoms with E-state index in [1.54, 1.807) is 0 Å². The van der Waals surface area contributed by atoms with Crippen LogP contribution in [-0.2, 0) is 29.1 Å². The maximum Gasteiger partial charge on any atom is 0.338 e. The molecular formula is C15H22N2O7S. The molecule has 0 aliphatic rings. The summed E-state index contributed by atoms with van der Waals surface area (Å²) in [6.07, 6.45) is -1.04. The molecule has 1 aromatic carbocycles. The van der Waals surface area contributed by atoms with Crippen molar-refractivity contribution in [2.24, 2.45) is 0 Å². The predicted octanol–water partition coefficient (Wildman–Crippen LogP) is 0.176. The summed E-state index contributed by atoms with van der Waals surface area (Å²) in [5.74, 6) is -1.29. The van der Waals surface area contributed by atoms with Crippen LogP contribution >= 0.6 is 0 Å². The predicted molar refractivity (Wildman–Crippen MR) is 88.2 cm³/mol. The lowest BCUT2D eigenvalue weighted by Gasteiger charge is -2.15. The van der Waals surface area contributed by atoms with Crippen molar-refractivity contribution in [2.45, 2.75) is 17.9 Å². The number of hydrogen-bond donors (Lipinski definition) is 1. The van der Waals surface area contributed by atoms with Crippen LogP contribution in [0.2, 0.25) is 0 Å². The maximum atomic E-state index is 12.2. The number of rotatable bonds is 9. The summed E-state index contributed by atoms with van der Waals surface area (Å²) in [5, 5.41) is 2.54. The maximum absolute atomic E-state index is 12.2. The van der Waals surface area contributed by atoms with Gasteiger partial charge in [0.1, 0.15) is 0 Å². The molecule has 9 nitrogen and oxygen atoms in total. The molecule has 1 aromatic rings. The Kier molecular flexibility index (Phi) is 7.97. The topological polar surface area (TPSA) is 111 Å². The Balaban J connectivity index is 2.83. The van der Waals surface area contributed by atoms with E-state index in [9.17, 15) is 18.0 Å². The SMILES string of the molecule is COCCNC(=O)[C@@H](C)OC(=O)c1cccc(S(=O)(=O)N(C)OC)c1. The Hall–Kier alpha value is -2.01. The van der Waals surface area contributed by atoms with E-state index in [-0.39, 0.29) is 17.0 Å². The number of hydrogen-bond acceptors (Lipinski definition) is 7. The van der Waals surface area contributed by atoms with Gasteiger partial charge in [0.2, 0.25) is 0 Å². The molecule has 1 amide bonds. The van der Waals surface area contributed by atoms with E-state index in [1.165, 1.54) is 46.4 Å². The largest absolute Gasteiger partial charge is 0.449 e. The first-order valence-electron chi connectivity index (χ1n) is 7.34. The van der Waals surface area contributed by atoms with Crippen LogP contribution in [0.4, 0.5) is 0 Å². The van der Waals surface area contributed by atoms with E-state index >= 15 is 0 Å². The summed E-state index contributed by atoms with van der Waals surface area (Å²) in [6, 6.07) is 5.27.